The normalized spacial score (nSPS) is 12.2. The molecule has 0 spiro atoms. The number of nitrogens with one attached hydrogen (secondary N) is 2. The summed E-state index contributed by atoms with van der Waals surface area (Å²) in [5, 5.41) is 11.8. The van der Waals surface area contributed by atoms with E-state index in [1.165, 1.54) is 11.3 Å². The standard InChI is InChI=1S/C17H24N4O2S/c1-5-21-15(12(4)10-18-21)20-16(22)13(9-11(2)3)19-17(23)14-7-6-8-24-14/h6-8,10-11,13H,5,9H2,1-4H3,(H,19,23)(H,20,22). The van der Waals surface area contributed by atoms with E-state index in [4.69, 9.17) is 0 Å². The summed E-state index contributed by atoms with van der Waals surface area (Å²) in [4.78, 5) is 25.6. The second-order valence-electron chi connectivity index (χ2n) is 6.11. The van der Waals surface area contributed by atoms with Crippen molar-refractivity contribution >= 4 is 29.0 Å². The van der Waals surface area contributed by atoms with Gasteiger partial charge in [0, 0.05) is 12.1 Å². The van der Waals surface area contributed by atoms with Crippen molar-refractivity contribution in [2.75, 3.05) is 5.32 Å². The van der Waals surface area contributed by atoms with Crippen molar-refractivity contribution in [1.82, 2.24) is 15.1 Å². The highest BCUT2D eigenvalue weighted by molar-refractivity contribution is 7.12. The first-order valence-electron chi connectivity index (χ1n) is 8.10. The zero-order valence-corrected chi connectivity index (χ0v) is 15.3. The smallest absolute Gasteiger partial charge is 0.261 e. The van der Waals surface area contributed by atoms with Crippen LogP contribution in [0.2, 0.25) is 0 Å². The van der Waals surface area contributed by atoms with Crippen LogP contribution in [-0.4, -0.2) is 27.6 Å². The van der Waals surface area contributed by atoms with Gasteiger partial charge in [0.1, 0.15) is 11.9 Å². The van der Waals surface area contributed by atoms with E-state index in [-0.39, 0.29) is 17.7 Å². The molecule has 2 N–H and O–H groups in total. The van der Waals surface area contributed by atoms with Gasteiger partial charge in [-0.15, -0.1) is 11.3 Å². The first kappa shape index (κ1) is 18.2. The van der Waals surface area contributed by atoms with Crippen molar-refractivity contribution in [3.05, 3.63) is 34.2 Å². The Morgan fingerprint density at radius 1 is 1.38 bits per heavy atom. The number of aryl methyl sites for hydroxylation is 2. The van der Waals surface area contributed by atoms with Gasteiger partial charge in [-0.1, -0.05) is 19.9 Å². The fourth-order valence-electron chi connectivity index (χ4n) is 2.43. The van der Waals surface area contributed by atoms with Gasteiger partial charge in [-0.25, -0.2) is 4.68 Å². The Bertz CT molecular complexity index is 692. The third kappa shape index (κ3) is 4.44. The number of nitrogens with zero attached hydrogens (tertiary/aromatic N) is 2. The molecule has 2 aromatic heterocycles. The molecule has 2 amide bonds. The van der Waals surface area contributed by atoms with Gasteiger partial charge < -0.3 is 10.6 Å². The summed E-state index contributed by atoms with van der Waals surface area (Å²) in [5.74, 6) is 0.529. The van der Waals surface area contributed by atoms with Crippen LogP contribution in [0.1, 0.15) is 42.4 Å². The van der Waals surface area contributed by atoms with Gasteiger partial charge in [-0.2, -0.15) is 5.10 Å². The third-order valence-corrected chi connectivity index (χ3v) is 4.51. The number of amides is 2. The molecule has 2 heterocycles. The van der Waals surface area contributed by atoms with Crippen LogP contribution < -0.4 is 10.6 Å². The van der Waals surface area contributed by atoms with Crippen molar-refractivity contribution in [1.29, 1.82) is 0 Å². The number of aromatic nitrogens is 2. The van der Waals surface area contributed by atoms with Gasteiger partial charge in [0.2, 0.25) is 5.91 Å². The number of rotatable bonds is 7. The minimum atomic E-state index is -0.584. The van der Waals surface area contributed by atoms with Gasteiger partial charge in [0.15, 0.2) is 0 Å². The topological polar surface area (TPSA) is 76.0 Å². The number of carbonyl (C=O) groups excluding carboxylic acids is 2. The number of anilines is 1. The molecule has 6 nitrogen and oxygen atoms in total. The molecule has 1 unspecified atom stereocenters. The van der Waals surface area contributed by atoms with Crippen LogP contribution in [-0.2, 0) is 11.3 Å². The molecule has 2 rings (SSSR count). The van der Waals surface area contributed by atoms with Crippen molar-refractivity contribution in [2.45, 2.75) is 46.7 Å². The van der Waals surface area contributed by atoms with E-state index in [2.05, 4.69) is 15.7 Å². The molecule has 0 aliphatic heterocycles. The average Bonchev–Trinajstić information content (AvgIpc) is 3.17. The van der Waals surface area contributed by atoms with Crippen LogP contribution >= 0.6 is 11.3 Å². The lowest BCUT2D eigenvalue weighted by Crippen LogP contribution is -2.44. The minimum Gasteiger partial charge on any atom is -0.340 e. The summed E-state index contributed by atoms with van der Waals surface area (Å²) in [7, 11) is 0. The first-order valence-corrected chi connectivity index (χ1v) is 8.98. The van der Waals surface area contributed by atoms with E-state index in [1.807, 2.05) is 39.1 Å². The lowest BCUT2D eigenvalue weighted by Gasteiger charge is -2.20. The SMILES string of the molecule is CCn1ncc(C)c1NC(=O)C(CC(C)C)NC(=O)c1cccs1. The first-order chi connectivity index (χ1) is 11.4. The fourth-order valence-corrected chi connectivity index (χ4v) is 3.05. The maximum absolute atomic E-state index is 12.7. The van der Waals surface area contributed by atoms with Crippen molar-refractivity contribution in [3.8, 4) is 0 Å². The Kier molecular flexibility index (Phi) is 6.14. The molecule has 130 valence electrons. The Labute approximate surface area is 146 Å². The zero-order chi connectivity index (χ0) is 17.7. The Morgan fingerprint density at radius 2 is 2.12 bits per heavy atom. The molecule has 0 aliphatic rings. The van der Waals surface area contributed by atoms with E-state index in [9.17, 15) is 9.59 Å². The number of thiophene rings is 1. The maximum atomic E-state index is 12.7. The summed E-state index contributed by atoms with van der Waals surface area (Å²) >= 11 is 1.36. The highest BCUT2D eigenvalue weighted by Crippen LogP contribution is 2.16. The summed E-state index contributed by atoms with van der Waals surface area (Å²) < 4.78 is 1.74. The highest BCUT2D eigenvalue weighted by Gasteiger charge is 2.24. The molecular weight excluding hydrogens is 324 g/mol. The number of hydrogen-bond acceptors (Lipinski definition) is 4. The lowest BCUT2D eigenvalue weighted by molar-refractivity contribution is -0.118. The van der Waals surface area contributed by atoms with E-state index in [1.54, 1.807) is 16.9 Å². The fraction of sp³-hybridized carbons (Fsp3) is 0.471. The number of hydrogen-bond donors (Lipinski definition) is 2. The molecular formula is C17H24N4O2S. The summed E-state index contributed by atoms with van der Waals surface area (Å²) in [5.41, 5.74) is 0.901. The van der Waals surface area contributed by atoms with Crippen LogP contribution in [0.25, 0.3) is 0 Å². The van der Waals surface area contributed by atoms with Crippen molar-refractivity contribution in [2.24, 2.45) is 5.92 Å². The largest absolute Gasteiger partial charge is 0.340 e. The minimum absolute atomic E-state index is 0.216. The van der Waals surface area contributed by atoms with E-state index in [0.29, 0.717) is 23.7 Å². The Morgan fingerprint density at radius 3 is 2.71 bits per heavy atom. The predicted molar refractivity (Wildman–Crippen MR) is 96.3 cm³/mol. The lowest BCUT2D eigenvalue weighted by atomic mass is 10.0. The molecule has 24 heavy (non-hydrogen) atoms. The Balaban J connectivity index is 2.13. The van der Waals surface area contributed by atoms with E-state index < -0.39 is 6.04 Å². The average molecular weight is 348 g/mol. The summed E-state index contributed by atoms with van der Waals surface area (Å²) in [6, 6.07) is 2.99. The van der Waals surface area contributed by atoms with Gasteiger partial charge >= 0.3 is 0 Å². The summed E-state index contributed by atoms with van der Waals surface area (Å²) in [6.07, 6.45) is 2.29. The highest BCUT2D eigenvalue weighted by atomic mass is 32.1. The molecule has 0 saturated carbocycles. The second kappa shape index (κ2) is 8.10. The third-order valence-electron chi connectivity index (χ3n) is 3.64. The number of carbonyl (C=O) groups is 2. The van der Waals surface area contributed by atoms with Gasteiger partial charge in [0.05, 0.1) is 11.1 Å². The monoisotopic (exact) mass is 348 g/mol. The quantitative estimate of drug-likeness (QED) is 0.807. The van der Waals surface area contributed by atoms with Crippen molar-refractivity contribution in [3.63, 3.8) is 0 Å². The maximum Gasteiger partial charge on any atom is 0.261 e. The molecule has 0 aliphatic carbocycles. The van der Waals surface area contributed by atoms with Crippen molar-refractivity contribution < 1.29 is 9.59 Å². The van der Waals surface area contributed by atoms with Gasteiger partial charge in [0.25, 0.3) is 5.91 Å². The molecule has 0 fully saturated rings. The van der Waals surface area contributed by atoms with Crippen LogP contribution in [0, 0.1) is 12.8 Å². The van der Waals surface area contributed by atoms with Crippen LogP contribution in [0.3, 0.4) is 0 Å². The molecule has 0 radical (unpaired) electrons. The zero-order valence-electron chi connectivity index (χ0n) is 14.5. The Hall–Kier alpha value is -2.15. The molecule has 1 atom stereocenters. The van der Waals surface area contributed by atoms with Crippen LogP contribution in [0.4, 0.5) is 5.82 Å². The molecule has 2 aromatic rings. The van der Waals surface area contributed by atoms with Gasteiger partial charge in [-0.05, 0) is 37.6 Å². The molecule has 0 saturated heterocycles. The van der Waals surface area contributed by atoms with Crippen LogP contribution in [0.5, 0.6) is 0 Å². The van der Waals surface area contributed by atoms with E-state index in [0.717, 1.165) is 5.56 Å². The van der Waals surface area contributed by atoms with Crippen LogP contribution in [0.15, 0.2) is 23.7 Å². The predicted octanol–water partition coefficient (Wildman–Crippen LogP) is 3.06. The summed E-state index contributed by atoms with van der Waals surface area (Å²) in [6.45, 7) is 8.58. The van der Waals surface area contributed by atoms with E-state index >= 15 is 0 Å². The molecule has 7 heteroatoms. The second-order valence-corrected chi connectivity index (χ2v) is 7.06. The van der Waals surface area contributed by atoms with Gasteiger partial charge in [-0.3, -0.25) is 9.59 Å². The molecule has 0 bridgehead atoms. The molecule has 0 aromatic carbocycles.